The number of hydrogen-bond donors (Lipinski definition) is 3. The molecule has 1 atom stereocenters. The van der Waals surface area contributed by atoms with Crippen LogP contribution in [0.2, 0.25) is 0 Å². The van der Waals surface area contributed by atoms with Gasteiger partial charge in [-0.1, -0.05) is 44.2 Å². The first kappa shape index (κ1) is 17.7. The summed E-state index contributed by atoms with van der Waals surface area (Å²) in [5.41, 5.74) is 2.14. The van der Waals surface area contributed by atoms with Crippen LogP contribution in [0, 0.1) is 5.92 Å². The first-order valence-corrected chi connectivity index (χ1v) is 8.64. The third kappa shape index (κ3) is 4.27. The van der Waals surface area contributed by atoms with Gasteiger partial charge in [-0.25, -0.2) is 4.98 Å². The van der Waals surface area contributed by atoms with Gasteiger partial charge in [-0.15, -0.1) is 0 Å². The van der Waals surface area contributed by atoms with Crippen molar-refractivity contribution in [3.05, 3.63) is 60.2 Å². The zero-order chi connectivity index (χ0) is 18.5. The molecule has 0 aliphatic carbocycles. The molecule has 2 amide bonds. The second kappa shape index (κ2) is 7.82. The van der Waals surface area contributed by atoms with Crippen LogP contribution in [-0.2, 0) is 4.79 Å². The van der Waals surface area contributed by atoms with Crippen molar-refractivity contribution in [3.63, 3.8) is 0 Å². The second-order valence-electron chi connectivity index (χ2n) is 6.61. The van der Waals surface area contributed by atoms with E-state index in [4.69, 9.17) is 0 Å². The Morgan fingerprint density at radius 2 is 1.73 bits per heavy atom. The van der Waals surface area contributed by atoms with Crippen LogP contribution >= 0.6 is 0 Å². The molecule has 0 fully saturated rings. The maximum Gasteiger partial charge on any atom is 0.251 e. The highest BCUT2D eigenvalue weighted by Gasteiger charge is 2.23. The molecule has 6 nitrogen and oxygen atoms in total. The molecular weight excluding hydrogens is 328 g/mol. The van der Waals surface area contributed by atoms with Crippen LogP contribution in [0.25, 0.3) is 11.0 Å². The number of imidazole rings is 1. The largest absolute Gasteiger partial charge is 0.340 e. The molecule has 0 aliphatic heterocycles. The fourth-order valence-corrected chi connectivity index (χ4v) is 2.75. The van der Waals surface area contributed by atoms with Gasteiger partial charge in [-0.2, -0.15) is 0 Å². The summed E-state index contributed by atoms with van der Waals surface area (Å²) in [6.45, 7) is 4.02. The van der Waals surface area contributed by atoms with Gasteiger partial charge in [-0.3, -0.25) is 14.9 Å². The molecule has 0 spiro atoms. The smallest absolute Gasteiger partial charge is 0.251 e. The first-order chi connectivity index (χ1) is 12.5. The van der Waals surface area contributed by atoms with Crippen molar-refractivity contribution in [2.24, 2.45) is 5.92 Å². The van der Waals surface area contributed by atoms with Crippen LogP contribution in [0.15, 0.2) is 54.6 Å². The van der Waals surface area contributed by atoms with E-state index in [1.807, 2.05) is 44.2 Å². The molecule has 1 heterocycles. The van der Waals surface area contributed by atoms with Crippen LogP contribution in [0.1, 0.15) is 30.6 Å². The predicted octanol–water partition coefficient (Wildman–Crippen LogP) is 3.35. The van der Waals surface area contributed by atoms with Gasteiger partial charge in [0, 0.05) is 5.56 Å². The van der Waals surface area contributed by atoms with Crippen molar-refractivity contribution in [2.45, 2.75) is 26.3 Å². The number of H-pyrrole nitrogens is 1. The quantitative estimate of drug-likeness (QED) is 0.637. The molecule has 1 aromatic heterocycles. The molecular formula is C20H22N4O2. The van der Waals surface area contributed by atoms with Crippen molar-refractivity contribution < 1.29 is 9.59 Å². The third-order valence-corrected chi connectivity index (χ3v) is 4.00. The predicted molar refractivity (Wildman–Crippen MR) is 102 cm³/mol. The zero-order valence-corrected chi connectivity index (χ0v) is 14.8. The molecule has 3 rings (SSSR count). The second-order valence-corrected chi connectivity index (χ2v) is 6.61. The van der Waals surface area contributed by atoms with E-state index in [9.17, 15) is 9.59 Å². The minimum Gasteiger partial charge on any atom is -0.340 e. The number of para-hydroxylation sites is 2. The number of carbonyl (C=O) groups is 2. The van der Waals surface area contributed by atoms with Gasteiger partial charge >= 0.3 is 0 Å². The van der Waals surface area contributed by atoms with Gasteiger partial charge in [0.25, 0.3) is 5.91 Å². The van der Waals surface area contributed by atoms with Crippen molar-refractivity contribution >= 4 is 28.8 Å². The molecule has 3 aromatic rings. The normalized spacial score (nSPS) is 12.1. The van der Waals surface area contributed by atoms with E-state index < -0.39 is 6.04 Å². The van der Waals surface area contributed by atoms with Crippen molar-refractivity contribution in [1.82, 2.24) is 15.3 Å². The number of aromatic nitrogens is 2. The molecule has 3 N–H and O–H groups in total. The Balaban J connectivity index is 1.73. The van der Waals surface area contributed by atoms with E-state index in [2.05, 4.69) is 20.6 Å². The lowest BCUT2D eigenvalue weighted by Gasteiger charge is -2.19. The lowest BCUT2D eigenvalue weighted by atomic mass is 10.0. The number of hydrogen-bond acceptors (Lipinski definition) is 3. The highest BCUT2D eigenvalue weighted by molar-refractivity contribution is 6.01. The number of aromatic amines is 1. The maximum absolute atomic E-state index is 12.7. The maximum atomic E-state index is 12.7. The van der Waals surface area contributed by atoms with Crippen LogP contribution in [0.5, 0.6) is 0 Å². The number of benzene rings is 2. The van der Waals surface area contributed by atoms with E-state index in [1.54, 1.807) is 24.3 Å². The number of nitrogens with one attached hydrogen (secondary N) is 3. The van der Waals surface area contributed by atoms with Gasteiger partial charge in [0.15, 0.2) is 0 Å². The van der Waals surface area contributed by atoms with Gasteiger partial charge < -0.3 is 10.3 Å². The number of carbonyl (C=O) groups excluding carboxylic acids is 2. The van der Waals surface area contributed by atoms with Crippen LogP contribution in [0.4, 0.5) is 5.95 Å². The highest BCUT2D eigenvalue weighted by Crippen LogP contribution is 2.14. The lowest BCUT2D eigenvalue weighted by molar-refractivity contribution is -0.118. The molecule has 26 heavy (non-hydrogen) atoms. The molecule has 0 saturated carbocycles. The van der Waals surface area contributed by atoms with E-state index in [-0.39, 0.29) is 17.7 Å². The van der Waals surface area contributed by atoms with Crippen molar-refractivity contribution in [1.29, 1.82) is 0 Å². The summed E-state index contributed by atoms with van der Waals surface area (Å²) < 4.78 is 0. The molecule has 0 saturated heterocycles. The summed E-state index contributed by atoms with van der Waals surface area (Å²) >= 11 is 0. The first-order valence-electron chi connectivity index (χ1n) is 8.64. The van der Waals surface area contributed by atoms with Gasteiger partial charge in [-0.05, 0) is 36.6 Å². The molecule has 6 heteroatoms. The summed E-state index contributed by atoms with van der Waals surface area (Å²) in [6.07, 6.45) is 0.532. The molecule has 0 radical (unpaired) electrons. The van der Waals surface area contributed by atoms with Crippen molar-refractivity contribution in [3.8, 4) is 0 Å². The number of fused-ring (bicyclic) bond motifs is 1. The highest BCUT2D eigenvalue weighted by atomic mass is 16.2. The van der Waals surface area contributed by atoms with Crippen LogP contribution < -0.4 is 10.6 Å². The fraction of sp³-hybridized carbons (Fsp3) is 0.250. The summed E-state index contributed by atoms with van der Waals surface area (Å²) in [5, 5.41) is 5.60. The number of amides is 2. The Labute approximate surface area is 152 Å². The van der Waals surface area contributed by atoms with Crippen LogP contribution in [-0.4, -0.2) is 27.8 Å². The van der Waals surface area contributed by atoms with E-state index >= 15 is 0 Å². The minimum absolute atomic E-state index is 0.248. The Hall–Kier alpha value is -3.15. The molecule has 0 bridgehead atoms. The summed E-state index contributed by atoms with van der Waals surface area (Å²) in [5.74, 6) is 0.0643. The summed E-state index contributed by atoms with van der Waals surface area (Å²) in [4.78, 5) is 32.5. The van der Waals surface area contributed by atoms with E-state index in [0.717, 1.165) is 11.0 Å². The Morgan fingerprint density at radius 1 is 1.04 bits per heavy atom. The number of nitrogens with zero attached hydrogens (tertiary/aromatic N) is 1. The number of anilines is 1. The van der Waals surface area contributed by atoms with Crippen molar-refractivity contribution in [2.75, 3.05) is 5.32 Å². The summed E-state index contributed by atoms with van der Waals surface area (Å²) in [6, 6.07) is 15.8. The van der Waals surface area contributed by atoms with Gasteiger partial charge in [0.2, 0.25) is 11.9 Å². The zero-order valence-electron chi connectivity index (χ0n) is 14.8. The third-order valence-electron chi connectivity index (χ3n) is 4.00. The minimum atomic E-state index is -0.643. The molecule has 0 aliphatic rings. The molecule has 1 unspecified atom stereocenters. The monoisotopic (exact) mass is 350 g/mol. The summed E-state index contributed by atoms with van der Waals surface area (Å²) in [7, 11) is 0. The Kier molecular flexibility index (Phi) is 5.31. The molecule has 2 aromatic carbocycles. The molecule has 134 valence electrons. The lowest BCUT2D eigenvalue weighted by Crippen LogP contribution is -2.44. The Bertz CT molecular complexity index is 869. The van der Waals surface area contributed by atoms with E-state index in [1.165, 1.54) is 0 Å². The van der Waals surface area contributed by atoms with E-state index in [0.29, 0.717) is 17.9 Å². The van der Waals surface area contributed by atoms with Crippen LogP contribution in [0.3, 0.4) is 0 Å². The number of rotatable bonds is 6. The SMILES string of the molecule is CC(C)CC(NC(=O)c1ccccc1)C(=O)Nc1nc2ccccc2[nH]1. The average molecular weight is 350 g/mol. The average Bonchev–Trinajstić information content (AvgIpc) is 3.03. The fourth-order valence-electron chi connectivity index (χ4n) is 2.75. The Morgan fingerprint density at radius 3 is 2.42 bits per heavy atom. The van der Waals surface area contributed by atoms with Gasteiger partial charge in [0.05, 0.1) is 11.0 Å². The topological polar surface area (TPSA) is 86.9 Å². The van der Waals surface area contributed by atoms with Gasteiger partial charge in [0.1, 0.15) is 6.04 Å². The standard InChI is InChI=1S/C20H22N4O2/c1-13(2)12-17(21-18(25)14-8-4-3-5-9-14)19(26)24-20-22-15-10-6-7-11-16(15)23-20/h3-11,13,17H,12H2,1-2H3,(H,21,25)(H2,22,23,24,26).